The maximum atomic E-state index is 10.2. The number of nitrogens with one attached hydrogen (secondary N) is 1. The molecule has 1 fully saturated rings. The van der Waals surface area contributed by atoms with Crippen LogP contribution in [0.25, 0.3) is 0 Å². The van der Waals surface area contributed by atoms with Crippen LogP contribution in [0.5, 0.6) is 0 Å². The Morgan fingerprint density at radius 2 is 1.95 bits per heavy atom. The second kappa shape index (κ2) is 6.22. The number of rotatable bonds is 5. The highest BCUT2D eigenvalue weighted by Crippen LogP contribution is 2.25. The Labute approximate surface area is 130 Å². The van der Waals surface area contributed by atoms with Gasteiger partial charge in [-0.05, 0) is 27.7 Å². The highest BCUT2D eigenvalue weighted by atomic mass is 32.1. The van der Waals surface area contributed by atoms with E-state index < -0.39 is 18.3 Å². The molecule has 1 aromatic rings. The van der Waals surface area contributed by atoms with Crippen LogP contribution in [-0.4, -0.2) is 59.6 Å². The fourth-order valence-electron chi connectivity index (χ4n) is 1.87. The minimum Gasteiger partial charge on any atom is -0.422 e. The van der Waals surface area contributed by atoms with Crippen molar-refractivity contribution in [1.82, 2.24) is 10.3 Å². The van der Waals surface area contributed by atoms with E-state index in [-0.39, 0.29) is 0 Å². The average molecular weight is 313 g/mol. The first-order valence-electron chi connectivity index (χ1n) is 7.20. The van der Waals surface area contributed by atoms with Crippen molar-refractivity contribution in [3.63, 3.8) is 0 Å². The van der Waals surface area contributed by atoms with Crippen LogP contribution in [0.15, 0.2) is 5.38 Å². The van der Waals surface area contributed by atoms with Crippen LogP contribution >= 0.6 is 11.3 Å². The van der Waals surface area contributed by atoms with Crippen LogP contribution in [0.3, 0.4) is 0 Å². The van der Waals surface area contributed by atoms with Gasteiger partial charge in [0.1, 0.15) is 0 Å². The highest BCUT2D eigenvalue weighted by Gasteiger charge is 2.40. The lowest BCUT2D eigenvalue weighted by atomic mass is 9.81. The first-order valence-corrected chi connectivity index (χ1v) is 8.08. The van der Waals surface area contributed by atoms with Crippen LogP contribution in [-0.2, 0) is 4.65 Å². The lowest BCUT2D eigenvalue weighted by Crippen LogP contribution is -2.53. The SMILES string of the molecule is CC(C)(O)C(C)(C)OB(O)c1csc(N2CCNCC2)n1. The minimum absolute atomic E-state index is 0.492. The summed E-state index contributed by atoms with van der Waals surface area (Å²) in [6, 6.07) is 0. The molecule has 0 aromatic carbocycles. The summed E-state index contributed by atoms with van der Waals surface area (Å²) in [4.78, 5) is 6.65. The number of hydrogen-bond acceptors (Lipinski definition) is 7. The van der Waals surface area contributed by atoms with Crippen molar-refractivity contribution in [3.05, 3.63) is 5.38 Å². The van der Waals surface area contributed by atoms with Crippen LogP contribution in [0.1, 0.15) is 27.7 Å². The van der Waals surface area contributed by atoms with Crippen LogP contribution < -0.4 is 15.8 Å². The zero-order valence-electron chi connectivity index (χ0n) is 13.1. The smallest absolute Gasteiger partial charge is 0.422 e. The third kappa shape index (κ3) is 3.95. The Morgan fingerprint density at radius 1 is 1.33 bits per heavy atom. The standard InChI is InChI=1S/C13H24BN3O3S/c1-12(2,18)13(3,4)20-14(19)10-9-21-11(16-10)17-7-5-15-6-8-17/h9,15,18-19H,5-8H2,1-4H3. The molecule has 0 amide bonds. The van der Waals surface area contributed by atoms with E-state index in [1.54, 1.807) is 27.7 Å². The van der Waals surface area contributed by atoms with Gasteiger partial charge in [-0.15, -0.1) is 11.3 Å². The Balaban J connectivity index is 2.03. The second-order valence-corrected chi connectivity index (χ2v) is 7.17. The summed E-state index contributed by atoms with van der Waals surface area (Å²) in [7, 11) is -1.14. The Morgan fingerprint density at radius 3 is 2.52 bits per heavy atom. The molecule has 0 atom stereocenters. The summed E-state index contributed by atoms with van der Waals surface area (Å²) in [5.41, 5.74) is -1.46. The summed E-state index contributed by atoms with van der Waals surface area (Å²) < 4.78 is 5.61. The van der Waals surface area contributed by atoms with Crippen molar-refractivity contribution in [3.8, 4) is 0 Å². The van der Waals surface area contributed by atoms with Gasteiger partial charge in [-0.1, -0.05) is 0 Å². The van der Waals surface area contributed by atoms with Crippen molar-refractivity contribution in [2.75, 3.05) is 31.1 Å². The normalized spacial score (nSPS) is 17.1. The third-order valence-electron chi connectivity index (χ3n) is 4.03. The van der Waals surface area contributed by atoms with Crippen molar-refractivity contribution in [2.45, 2.75) is 38.9 Å². The van der Waals surface area contributed by atoms with Gasteiger partial charge >= 0.3 is 7.12 Å². The molecule has 0 unspecified atom stereocenters. The number of aliphatic hydroxyl groups is 1. The fourth-order valence-corrected chi connectivity index (χ4v) is 2.76. The predicted molar refractivity (Wildman–Crippen MR) is 86.3 cm³/mol. The molecule has 0 spiro atoms. The van der Waals surface area contributed by atoms with Gasteiger partial charge in [-0.2, -0.15) is 0 Å². The summed E-state index contributed by atoms with van der Waals surface area (Å²) in [5, 5.41) is 26.3. The molecule has 0 saturated carbocycles. The van der Waals surface area contributed by atoms with Crippen LogP contribution in [0.2, 0.25) is 0 Å². The summed E-state index contributed by atoms with van der Waals surface area (Å²) in [6.07, 6.45) is 0. The minimum atomic E-state index is -1.14. The zero-order valence-corrected chi connectivity index (χ0v) is 13.9. The monoisotopic (exact) mass is 313 g/mol. The molecule has 1 saturated heterocycles. The van der Waals surface area contributed by atoms with Crippen LogP contribution in [0.4, 0.5) is 5.13 Å². The Bertz CT molecular complexity index is 469. The van der Waals surface area contributed by atoms with E-state index in [1.807, 2.05) is 5.38 Å². The molecule has 21 heavy (non-hydrogen) atoms. The average Bonchev–Trinajstić information content (AvgIpc) is 2.87. The molecule has 0 bridgehead atoms. The van der Waals surface area contributed by atoms with Gasteiger partial charge in [0.2, 0.25) is 0 Å². The van der Waals surface area contributed by atoms with Crippen molar-refractivity contribution < 1.29 is 14.8 Å². The molecule has 3 N–H and O–H groups in total. The quantitative estimate of drug-likeness (QED) is 0.654. The molecule has 118 valence electrons. The molecule has 1 aliphatic rings. The fraction of sp³-hybridized carbons (Fsp3) is 0.769. The maximum absolute atomic E-state index is 10.2. The van der Waals surface area contributed by atoms with Gasteiger partial charge in [0, 0.05) is 31.6 Å². The molecule has 2 heterocycles. The molecular formula is C13H24BN3O3S. The largest absolute Gasteiger partial charge is 0.512 e. The van der Waals surface area contributed by atoms with E-state index in [2.05, 4.69) is 15.2 Å². The molecule has 6 nitrogen and oxygen atoms in total. The number of anilines is 1. The van der Waals surface area contributed by atoms with Crippen LogP contribution in [0, 0.1) is 0 Å². The highest BCUT2D eigenvalue weighted by molar-refractivity contribution is 7.14. The van der Waals surface area contributed by atoms with E-state index in [1.165, 1.54) is 11.3 Å². The summed E-state index contributed by atoms with van der Waals surface area (Å²) in [6.45, 7) is 10.5. The van der Waals surface area contributed by atoms with Gasteiger partial charge in [0.25, 0.3) is 0 Å². The van der Waals surface area contributed by atoms with E-state index in [9.17, 15) is 10.1 Å². The third-order valence-corrected chi connectivity index (χ3v) is 4.95. The molecule has 8 heteroatoms. The van der Waals surface area contributed by atoms with Crippen molar-refractivity contribution in [1.29, 1.82) is 0 Å². The lowest BCUT2D eigenvalue weighted by molar-refractivity contribution is -0.0983. The molecule has 1 aromatic heterocycles. The molecule has 0 aliphatic carbocycles. The van der Waals surface area contributed by atoms with Crippen molar-refractivity contribution in [2.24, 2.45) is 0 Å². The van der Waals surface area contributed by atoms with E-state index in [0.717, 1.165) is 31.3 Å². The van der Waals surface area contributed by atoms with Gasteiger partial charge < -0.3 is 25.0 Å². The van der Waals surface area contributed by atoms with E-state index in [4.69, 9.17) is 4.65 Å². The number of thiazole rings is 1. The van der Waals surface area contributed by atoms with Gasteiger partial charge in [0.15, 0.2) is 5.13 Å². The Kier molecular flexibility index (Phi) is 4.94. The first kappa shape index (κ1) is 16.7. The summed E-state index contributed by atoms with van der Waals surface area (Å²) in [5.74, 6) is 0. The Hall–Kier alpha value is -0.665. The number of aromatic nitrogens is 1. The number of piperazine rings is 1. The lowest BCUT2D eigenvalue weighted by Gasteiger charge is -2.38. The molecule has 0 radical (unpaired) electrons. The number of nitrogens with zero attached hydrogens (tertiary/aromatic N) is 2. The maximum Gasteiger partial charge on any atom is 0.512 e. The van der Waals surface area contributed by atoms with Gasteiger partial charge in [-0.25, -0.2) is 4.98 Å². The zero-order chi connectivity index (χ0) is 15.7. The topological polar surface area (TPSA) is 77.8 Å². The molecule has 1 aliphatic heterocycles. The predicted octanol–water partition coefficient (Wildman–Crippen LogP) is -0.194. The number of hydrogen-bond donors (Lipinski definition) is 3. The van der Waals surface area contributed by atoms with E-state index in [0.29, 0.717) is 5.59 Å². The molecular weight excluding hydrogens is 289 g/mol. The van der Waals surface area contributed by atoms with E-state index >= 15 is 0 Å². The van der Waals surface area contributed by atoms with Crippen molar-refractivity contribution >= 4 is 29.2 Å². The summed E-state index contributed by atoms with van der Waals surface area (Å²) >= 11 is 1.50. The van der Waals surface area contributed by atoms with Gasteiger partial charge in [0.05, 0.1) is 16.8 Å². The van der Waals surface area contributed by atoms with Gasteiger partial charge in [-0.3, -0.25) is 0 Å². The second-order valence-electron chi connectivity index (χ2n) is 6.33. The first-order chi connectivity index (χ1) is 9.71. The molecule has 2 rings (SSSR count).